The van der Waals surface area contributed by atoms with Crippen molar-refractivity contribution in [2.75, 3.05) is 0 Å². The lowest BCUT2D eigenvalue weighted by molar-refractivity contribution is -0.125. The minimum atomic E-state index is -3.88. The van der Waals surface area contributed by atoms with Crippen LogP contribution in [0.5, 0.6) is 5.75 Å². The van der Waals surface area contributed by atoms with E-state index >= 15 is 0 Å². The van der Waals surface area contributed by atoms with Crippen LogP contribution in [0, 0.1) is 6.92 Å². The van der Waals surface area contributed by atoms with E-state index in [2.05, 4.69) is 0 Å². The summed E-state index contributed by atoms with van der Waals surface area (Å²) in [4.78, 5) is 12.0. The van der Waals surface area contributed by atoms with Gasteiger partial charge in [0, 0.05) is 0 Å². The fraction of sp³-hybridized carbons (Fsp3) is 0.188. The Kier molecular flexibility index (Phi) is 4.82. The molecular formula is C16H17NO4S. The molecule has 1 amide bonds. The Hall–Kier alpha value is -2.34. The first-order valence-corrected chi connectivity index (χ1v) is 8.22. The highest BCUT2D eigenvalue weighted by Gasteiger charge is 2.22. The molecular weight excluding hydrogens is 302 g/mol. The molecule has 0 heterocycles. The summed E-state index contributed by atoms with van der Waals surface area (Å²) >= 11 is 0. The zero-order valence-corrected chi connectivity index (χ0v) is 13.1. The number of amides is 1. The van der Waals surface area contributed by atoms with Crippen molar-refractivity contribution in [2.45, 2.75) is 24.8 Å². The highest BCUT2D eigenvalue weighted by molar-refractivity contribution is 7.90. The van der Waals surface area contributed by atoms with E-state index in [-0.39, 0.29) is 4.90 Å². The Morgan fingerprint density at radius 3 is 2.41 bits per heavy atom. The Balaban J connectivity index is 2.05. The maximum Gasteiger partial charge on any atom is 0.274 e. The summed E-state index contributed by atoms with van der Waals surface area (Å²) in [6.07, 6.45) is -0.930. The van der Waals surface area contributed by atoms with Crippen molar-refractivity contribution in [2.24, 2.45) is 0 Å². The number of hydrogen-bond donors (Lipinski definition) is 1. The average Bonchev–Trinajstić information content (AvgIpc) is 2.47. The number of carbonyl (C=O) groups is 1. The predicted octanol–water partition coefficient (Wildman–Crippen LogP) is 2.27. The first-order valence-electron chi connectivity index (χ1n) is 6.73. The average molecular weight is 319 g/mol. The van der Waals surface area contributed by atoms with Gasteiger partial charge in [0.2, 0.25) is 0 Å². The molecule has 0 aliphatic heterocycles. The van der Waals surface area contributed by atoms with E-state index in [9.17, 15) is 13.2 Å². The topological polar surface area (TPSA) is 72.5 Å². The molecule has 1 N–H and O–H groups in total. The van der Waals surface area contributed by atoms with Crippen molar-refractivity contribution in [3.63, 3.8) is 0 Å². The van der Waals surface area contributed by atoms with Crippen molar-refractivity contribution in [3.05, 3.63) is 60.2 Å². The van der Waals surface area contributed by atoms with Gasteiger partial charge in [-0.25, -0.2) is 13.1 Å². The van der Waals surface area contributed by atoms with E-state index in [1.165, 1.54) is 19.1 Å². The van der Waals surface area contributed by atoms with E-state index < -0.39 is 22.0 Å². The van der Waals surface area contributed by atoms with E-state index in [0.717, 1.165) is 5.56 Å². The van der Waals surface area contributed by atoms with Crippen LogP contribution in [0.15, 0.2) is 59.5 Å². The Morgan fingerprint density at radius 1 is 1.09 bits per heavy atom. The standard InChI is InChI=1S/C16H17NO4S/c1-12-7-6-8-14(11-12)21-13(2)16(18)17-22(19,20)15-9-4-3-5-10-15/h3-11,13H,1-2H3,(H,17,18). The fourth-order valence-electron chi connectivity index (χ4n) is 1.82. The number of ether oxygens (including phenoxy) is 1. The molecule has 0 aliphatic rings. The molecule has 0 saturated heterocycles. The van der Waals surface area contributed by atoms with Crippen molar-refractivity contribution >= 4 is 15.9 Å². The maximum atomic E-state index is 12.1. The first kappa shape index (κ1) is 16.0. The summed E-state index contributed by atoms with van der Waals surface area (Å²) in [6.45, 7) is 3.40. The highest BCUT2D eigenvalue weighted by Crippen LogP contribution is 2.15. The molecule has 0 aromatic heterocycles. The van der Waals surface area contributed by atoms with E-state index in [1.807, 2.05) is 17.7 Å². The third-order valence-electron chi connectivity index (χ3n) is 2.96. The Bertz CT molecular complexity index is 757. The van der Waals surface area contributed by atoms with Gasteiger partial charge in [0.05, 0.1) is 4.90 Å². The molecule has 0 saturated carbocycles. The number of aryl methyl sites for hydroxylation is 1. The zero-order chi connectivity index (χ0) is 16.2. The van der Waals surface area contributed by atoms with Gasteiger partial charge >= 0.3 is 0 Å². The van der Waals surface area contributed by atoms with Gasteiger partial charge in [-0.15, -0.1) is 0 Å². The molecule has 0 spiro atoms. The zero-order valence-electron chi connectivity index (χ0n) is 12.3. The molecule has 0 fully saturated rings. The molecule has 2 aromatic carbocycles. The normalized spacial score (nSPS) is 12.5. The molecule has 116 valence electrons. The Morgan fingerprint density at radius 2 is 1.77 bits per heavy atom. The van der Waals surface area contributed by atoms with Crippen molar-refractivity contribution in [1.29, 1.82) is 0 Å². The molecule has 0 aliphatic carbocycles. The van der Waals surface area contributed by atoms with E-state index in [1.54, 1.807) is 36.4 Å². The van der Waals surface area contributed by atoms with Crippen LogP contribution in [-0.2, 0) is 14.8 Å². The molecule has 1 unspecified atom stereocenters. The number of carbonyl (C=O) groups excluding carboxylic acids is 1. The van der Waals surface area contributed by atoms with Gasteiger partial charge in [0.1, 0.15) is 5.75 Å². The number of sulfonamides is 1. The first-order chi connectivity index (χ1) is 10.4. The smallest absolute Gasteiger partial charge is 0.274 e. The van der Waals surface area contributed by atoms with Crippen LogP contribution in [0.1, 0.15) is 12.5 Å². The number of benzene rings is 2. The third kappa shape index (κ3) is 4.08. The lowest BCUT2D eigenvalue weighted by Crippen LogP contribution is -2.39. The molecule has 5 nitrogen and oxygen atoms in total. The SMILES string of the molecule is Cc1cccc(OC(C)C(=O)NS(=O)(=O)c2ccccc2)c1. The van der Waals surface area contributed by atoms with Gasteiger partial charge in [-0.1, -0.05) is 30.3 Å². The summed E-state index contributed by atoms with van der Waals surface area (Å²) in [7, 11) is -3.88. The second-order valence-corrected chi connectivity index (χ2v) is 6.54. The van der Waals surface area contributed by atoms with Gasteiger partial charge in [-0.2, -0.15) is 0 Å². The largest absolute Gasteiger partial charge is 0.481 e. The van der Waals surface area contributed by atoms with Crippen molar-refractivity contribution < 1.29 is 17.9 Å². The van der Waals surface area contributed by atoms with Gasteiger partial charge < -0.3 is 4.74 Å². The molecule has 0 bridgehead atoms. The highest BCUT2D eigenvalue weighted by atomic mass is 32.2. The quantitative estimate of drug-likeness (QED) is 0.917. The van der Waals surface area contributed by atoms with Gasteiger partial charge in [-0.3, -0.25) is 4.79 Å². The number of rotatable bonds is 5. The molecule has 0 radical (unpaired) electrons. The second kappa shape index (κ2) is 6.62. The summed E-state index contributed by atoms with van der Waals surface area (Å²) in [5.41, 5.74) is 0.988. The third-order valence-corrected chi connectivity index (χ3v) is 4.32. The minimum Gasteiger partial charge on any atom is -0.481 e. The Labute approximate surface area is 130 Å². The summed E-state index contributed by atoms with van der Waals surface area (Å²) in [5.74, 6) is -0.204. The molecule has 1 atom stereocenters. The van der Waals surface area contributed by atoms with E-state index in [0.29, 0.717) is 5.75 Å². The molecule has 22 heavy (non-hydrogen) atoms. The minimum absolute atomic E-state index is 0.0334. The van der Waals surface area contributed by atoms with Gasteiger partial charge in [0.15, 0.2) is 6.10 Å². The monoisotopic (exact) mass is 319 g/mol. The van der Waals surface area contributed by atoms with Crippen LogP contribution in [0.4, 0.5) is 0 Å². The van der Waals surface area contributed by atoms with Crippen molar-refractivity contribution in [3.8, 4) is 5.75 Å². The predicted molar refractivity (Wildman–Crippen MR) is 83.0 cm³/mol. The van der Waals surface area contributed by atoms with Crippen LogP contribution in [0.25, 0.3) is 0 Å². The summed E-state index contributed by atoms with van der Waals surface area (Å²) in [6, 6.07) is 14.9. The van der Waals surface area contributed by atoms with Crippen LogP contribution in [0.2, 0.25) is 0 Å². The van der Waals surface area contributed by atoms with Gasteiger partial charge in [0.25, 0.3) is 15.9 Å². The van der Waals surface area contributed by atoms with Crippen molar-refractivity contribution in [1.82, 2.24) is 4.72 Å². The van der Waals surface area contributed by atoms with Gasteiger partial charge in [-0.05, 0) is 43.7 Å². The molecule has 6 heteroatoms. The van der Waals surface area contributed by atoms with E-state index in [4.69, 9.17) is 4.74 Å². The number of nitrogens with one attached hydrogen (secondary N) is 1. The van der Waals surface area contributed by atoms with Crippen LogP contribution >= 0.6 is 0 Å². The lowest BCUT2D eigenvalue weighted by Gasteiger charge is -2.15. The fourth-order valence-corrected chi connectivity index (χ4v) is 2.88. The van der Waals surface area contributed by atoms with Crippen LogP contribution < -0.4 is 9.46 Å². The molecule has 2 aromatic rings. The van der Waals surface area contributed by atoms with Crippen LogP contribution in [0.3, 0.4) is 0 Å². The number of hydrogen-bond acceptors (Lipinski definition) is 4. The molecule has 2 rings (SSSR count). The lowest BCUT2D eigenvalue weighted by atomic mass is 10.2. The van der Waals surface area contributed by atoms with Crippen LogP contribution in [-0.4, -0.2) is 20.4 Å². The second-order valence-electron chi connectivity index (χ2n) is 4.86. The maximum absolute atomic E-state index is 12.1. The summed E-state index contributed by atoms with van der Waals surface area (Å²) < 4.78 is 31.6. The summed E-state index contributed by atoms with van der Waals surface area (Å²) in [5, 5.41) is 0.